The zero-order valence-corrected chi connectivity index (χ0v) is 22.7. The molecule has 0 aliphatic carbocycles. The van der Waals surface area contributed by atoms with Gasteiger partial charge in [-0.1, -0.05) is 121 Å². The van der Waals surface area contributed by atoms with Crippen LogP contribution in [0.3, 0.4) is 0 Å². The van der Waals surface area contributed by atoms with E-state index in [9.17, 15) is 4.57 Å². The highest BCUT2D eigenvalue weighted by Gasteiger charge is 2.18. The molecule has 34 heavy (non-hydrogen) atoms. The van der Waals surface area contributed by atoms with E-state index in [1.807, 2.05) is 25.1 Å². The van der Waals surface area contributed by atoms with Crippen LogP contribution in [0.4, 0.5) is 0 Å². The number of hydrogen-bond donors (Lipinski definition) is 2. The summed E-state index contributed by atoms with van der Waals surface area (Å²) in [7, 11) is -4.12. The average Bonchev–Trinajstić information content (AvgIpc) is 2.82. The summed E-state index contributed by atoms with van der Waals surface area (Å²) in [5.41, 5.74) is 1.15. The van der Waals surface area contributed by atoms with Crippen LogP contribution < -0.4 is 0 Å². The minimum absolute atomic E-state index is 0.00993. The Bertz CT molecular complexity index is 618. The van der Waals surface area contributed by atoms with Crippen molar-refractivity contribution in [3.63, 3.8) is 0 Å². The van der Waals surface area contributed by atoms with Crippen molar-refractivity contribution >= 4 is 7.60 Å². The van der Waals surface area contributed by atoms with E-state index in [-0.39, 0.29) is 12.2 Å². The van der Waals surface area contributed by atoms with Gasteiger partial charge in [0.25, 0.3) is 0 Å². The van der Waals surface area contributed by atoms with Gasteiger partial charge in [0.15, 0.2) is 0 Å². The van der Waals surface area contributed by atoms with Gasteiger partial charge in [0, 0.05) is 6.61 Å². The van der Waals surface area contributed by atoms with Gasteiger partial charge in [-0.3, -0.25) is 4.57 Å². The maximum absolute atomic E-state index is 11.0. The summed E-state index contributed by atoms with van der Waals surface area (Å²) in [5, 5.41) is 0. The molecule has 0 saturated heterocycles. The van der Waals surface area contributed by atoms with Gasteiger partial charge in [-0.15, -0.1) is 0 Å². The van der Waals surface area contributed by atoms with Gasteiger partial charge in [0.2, 0.25) is 0 Å². The molecule has 1 aromatic carbocycles. The van der Waals surface area contributed by atoms with E-state index in [4.69, 9.17) is 19.3 Å². The number of benzene rings is 1. The Morgan fingerprint density at radius 1 is 0.735 bits per heavy atom. The third kappa shape index (κ3) is 18.6. The van der Waals surface area contributed by atoms with Crippen LogP contribution in [0.15, 0.2) is 30.3 Å². The summed E-state index contributed by atoms with van der Waals surface area (Å²) in [5.74, 6) is 0. The quantitative estimate of drug-likeness (QED) is 0.117. The lowest BCUT2D eigenvalue weighted by Gasteiger charge is -2.21. The smallest absolute Gasteiger partial charge is 0.350 e. The second-order valence-corrected chi connectivity index (χ2v) is 11.3. The Kier molecular flexibility index (Phi) is 18.9. The largest absolute Gasteiger partial charge is 0.374 e. The molecule has 0 fully saturated rings. The zero-order valence-electron chi connectivity index (χ0n) is 21.8. The zero-order chi connectivity index (χ0) is 24.9. The van der Waals surface area contributed by atoms with Crippen molar-refractivity contribution in [1.82, 2.24) is 0 Å². The van der Waals surface area contributed by atoms with Gasteiger partial charge in [-0.05, 0) is 31.7 Å². The molecule has 0 aliphatic heterocycles. The van der Waals surface area contributed by atoms with Gasteiger partial charge >= 0.3 is 7.60 Å². The SMILES string of the molecule is CCCCCCCCCCCCCCCCOC(CCC(C)OCP(=O)(O)O)c1ccccc1. The van der Waals surface area contributed by atoms with Gasteiger partial charge in [-0.25, -0.2) is 0 Å². The van der Waals surface area contributed by atoms with Crippen LogP contribution >= 0.6 is 7.60 Å². The first-order chi connectivity index (χ1) is 16.4. The van der Waals surface area contributed by atoms with Crippen LogP contribution in [0.5, 0.6) is 0 Å². The van der Waals surface area contributed by atoms with Crippen LogP contribution in [0, 0.1) is 0 Å². The highest BCUT2D eigenvalue weighted by Crippen LogP contribution is 2.35. The van der Waals surface area contributed by atoms with Crippen molar-refractivity contribution in [3.8, 4) is 0 Å². The van der Waals surface area contributed by atoms with Crippen molar-refractivity contribution in [2.75, 3.05) is 13.0 Å². The molecule has 6 heteroatoms. The fourth-order valence-corrected chi connectivity index (χ4v) is 4.68. The van der Waals surface area contributed by atoms with Crippen LogP contribution in [0.1, 0.15) is 128 Å². The topological polar surface area (TPSA) is 76.0 Å². The van der Waals surface area contributed by atoms with E-state index >= 15 is 0 Å². The Morgan fingerprint density at radius 3 is 1.74 bits per heavy atom. The molecule has 0 spiro atoms. The predicted octanol–water partition coefficient (Wildman–Crippen LogP) is 8.55. The third-order valence-electron chi connectivity index (χ3n) is 6.35. The van der Waals surface area contributed by atoms with Crippen molar-refractivity contribution in [1.29, 1.82) is 0 Å². The minimum Gasteiger partial charge on any atom is -0.374 e. The second-order valence-electron chi connectivity index (χ2n) is 9.71. The molecule has 0 amide bonds. The maximum atomic E-state index is 11.0. The summed E-state index contributed by atoms with van der Waals surface area (Å²) in [6.45, 7) is 4.87. The Balaban J connectivity index is 2.11. The number of rotatable bonds is 23. The highest BCUT2D eigenvalue weighted by atomic mass is 31.2. The molecule has 0 aromatic heterocycles. The fraction of sp³-hybridized carbons (Fsp3) is 0.786. The van der Waals surface area contributed by atoms with Crippen LogP contribution in [-0.4, -0.2) is 28.8 Å². The third-order valence-corrected chi connectivity index (χ3v) is 6.84. The van der Waals surface area contributed by atoms with Gasteiger partial charge < -0.3 is 19.3 Å². The Morgan fingerprint density at radius 2 is 1.24 bits per heavy atom. The van der Waals surface area contributed by atoms with E-state index in [1.165, 1.54) is 83.5 Å². The van der Waals surface area contributed by atoms with Gasteiger partial charge in [-0.2, -0.15) is 0 Å². The molecular formula is C28H51O5P. The molecule has 1 rings (SSSR count). The van der Waals surface area contributed by atoms with Crippen LogP contribution in [-0.2, 0) is 14.0 Å². The molecule has 198 valence electrons. The highest BCUT2D eigenvalue weighted by molar-refractivity contribution is 7.51. The van der Waals surface area contributed by atoms with E-state index in [0.29, 0.717) is 6.42 Å². The number of unbranched alkanes of at least 4 members (excludes halogenated alkanes) is 13. The molecule has 0 radical (unpaired) electrons. The average molecular weight is 499 g/mol. The second kappa shape index (κ2) is 20.5. The first kappa shape index (κ1) is 31.3. The molecule has 2 unspecified atom stereocenters. The maximum Gasteiger partial charge on any atom is 0.350 e. The molecule has 0 saturated carbocycles. The molecular weight excluding hydrogens is 447 g/mol. The first-order valence-electron chi connectivity index (χ1n) is 13.7. The van der Waals surface area contributed by atoms with Crippen LogP contribution in [0.25, 0.3) is 0 Å². The minimum atomic E-state index is -4.12. The standard InChI is InChI=1S/C28H51O5P/c1-3-4-5-6-7-8-9-10-11-12-13-14-15-19-24-32-28(27-20-17-16-18-21-27)23-22-26(2)33-25-34(29,30)31/h16-18,20-21,26,28H,3-15,19,22-25H2,1-2H3,(H2,29,30,31). The number of ether oxygens (including phenoxy) is 2. The Labute approximate surface area is 209 Å². The monoisotopic (exact) mass is 498 g/mol. The summed E-state index contributed by atoms with van der Waals surface area (Å²) in [6.07, 6.45) is 19.5. The molecule has 5 nitrogen and oxygen atoms in total. The molecule has 1 aromatic rings. The van der Waals surface area contributed by atoms with E-state index in [2.05, 4.69) is 19.1 Å². The molecule has 2 N–H and O–H groups in total. The Hall–Kier alpha value is -0.710. The van der Waals surface area contributed by atoms with Crippen LogP contribution in [0.2, 0.25) is 0 Å². The summed E-state index contributed by atoms with van der Waals surface area (Å²) >= 11 is 0. The van der Waals surface area contributed by atoms with Gasteiger partial charge in [0.05, 0.1) is 12.2 Å². The molecule has 0 bridgehead atoms. The van der Waals surface area contributed by atoms with Crippen molar-refractivity contribution in [3.05, 3.63) is 35.9 Å². The van der Waals surface area contributed by atoms with Gasteiger partial charge in [0.1, 0.15) is 6.35 Å². The van der Waals surface area contributed by atoms with Crippen molar-refractivity contribution < 1.29 is 23.8 Å². The van der Waals surface area contributed by atoms with E-state index in [1.54, 1.807) is 0 Å². The molecule has 0 aliphatic rings. The van der Waals surface area contributed by atoms with E-state index < -0.39 is 13.9 Å². The molecule has 0 heterocycles. The number of hydrogen-bond acceptors (Lipinski definition) is 3. The van der Waals surface area contributed by atoms with Crippen molar-refractivity contribution in [2.45, 2.75) is 129 Å². The normalized spacial score (nSPS) is 13.8. The lowest BCUT2D eigenvalue weighted by atomic mass is 10.0. The fourth-order valence-electron chi connectivity index (χ4n) is 4.23. The summed E-state index contributed by atoms with van der Waals surface area (Å²) in [4.78, 5) is 18.0. The summed E-state index contributed by atoms with van der Waals surface area (Å²) in [6, 6.07) is 10.2. The predicted molar refractivity (Wildman–Crippen MR) is 142 cm³/mol. The first-order valence-corrected chi connectivity index (χ1v) is 15.5. The van der Waals surface area contributed by atoms with Crippen molar-refractivity contribution in [2.24, 2.45) is 0 Å². The lowest BCUT2D eigenvalue weighted by Crippen LogP contribution is -2.13. The summed E-state index contributed by atoms with van der Waals surface area (Å²) < 4.78 is 22.5. The lowest BCUT2D eigenvalue weighted by molar-refractivity contribution is 0.0223. The molecule has 2 atom stereocenters. The van der Waals surface area contributed by atoms with E-state index in [0.717, 1.165) is 25.0 Å².